The van der Waals surface area contributed by atoms with Gasteiger partial charge in [-0.05, 0) is 94.7 Å². The van der Waals surface area contributed by atoms with Gasteiger partial charge in [-0.3, -0.25) is 0 Å². The summed E-state index contributed by atoms with van der Waals surface area (Å²) in [6.45, 7) is 0. The Hall–Kier alpha value is -7.69. The van der Waals surface area contributed by atoms with Crippen molar-refractivity contribution < 1.29 is 8.83 Å². The molecule has 4 nitrogen and oxygen atoms in total. The molecule has 3 aromatic heterocycles. The number of fused-ring (bicyclic) bond motifs is 11. The van der Waals surface area contributed by atoms with Gasteiger partial charge in [0.1, 0.15) is 22.3 Å². The number of aromatic nitrogens is 1. The van der Waals surface area contributed by atoms with Crippen molar-refractivity contribution in [2.75, 3.05) is 4.90 Å². The van der Waals surface area contributed by atoms with Gasteiger partial charge in [-0.25, -0.2) is 4.98 Å². The molecule has 0 N–H and O–H groups in total. The highest BCUT2D eigenvalue weighted by atomic mass is 16.3. The number of rotatable bonds is 5. The third-order valence-electron chi connectivity index (χ3n) is 11.4. The Morgan fingerprint density at radius 1 is 0.333 bits per heavy atom. The Balaban J connectivity index is 0.990. The molecule has 0 aliphatic heterocycles. The van der Waals surface area contributed by atoms with Crippen molar-refractivity contribution in [3.63, 3.8) is 0 Å². The first kappa shape index (κ1) is 31.6. The van der Waals surface area contributed by atoms with Crippen LogP contribution in [0, 0.1) is 0 Å². The topological polar surface area (TPSA) is 42.4 Å². The van der Waals surface area contributed by atoms with Gasteiger partial charge in [0, 0.05) is 60.3 Å². The van der Waals surface area contributed by atoms with E-state index >= 15 is 0 Å². The predicted molar refractivity (Wildman–Crippen MR) is 237 cm³/mol. The molecule has 266 valence electrons. The summed E-state index contributed by atoms with van der Waals surface area (Å²) in [6.07, 6.45) is 0. The summed E-state index contributed by atoms with van der Waals surface area (Å²) in [7, 11) is 0. The van der Waals surface area contributed by atoms with E-state index in [1.165, 1.54) is 0 Å². The third-order valence-corrected chi connectivity index (χ3v) is 11.4. The minimum absolute atomic E-state index is 0.892. The highest BCUT2D eigenvalue weighted by Crippen LogP contribution is 2.43. The molecule has 0 bridgehead atoms. The van der Waals surface area contributed by atoms with E-state index in [0.29, 0.717) is 0 Å². The van der Waals surface area contributed by atoms with Gasteiger partial charge in [-0.15, -0.1) is 0 Å². The van der Waals surface area contributed by atoms with Crippen LogP contribution < -0.4 is 4.90 Å². The van der Waals surface area contributed by atoms with E-state index in [1.54, 1.807) is 0 Å². The molecule has 0 aliphatic carbocycles. The van der Waals surface area contributed by atoms with Crippen LogP contribution in [-0.2, 0) is 0 Å². The number of furan rings is 2. The van der Waals surface area contributed by atoms with E-state index < -0.39 is 0 Å². The monoisotopic (exact) mass is 728 g/mol. The lowest BCUT2D eigenvalue weighted by Gasteiger charge is -2.26. The molecule has 0 saturated carbocycles. The normalized spacial score (nSPS) is 11.9. The van der Waals surface area contributed by atoms with Crippen molar-refractivity contribution >= 4 is 93.4 Å². The molecular formula is C53H32N2O2. The van der Waals surface area contributed by atoms with Crippen molar-refractivity contribution in [3.05, 3.63) is 194 Å². The molecule has 0 spiro atoms. The van der Waals surface area contributed by atoms with Crippen molar-refractivity contribution in [2.24, 2.45) is 0 Å². The van der Waals surface area contributed by atoms with Gasteiger partial charge in [0.25, 0.3) is 0 Å². The molecule has 4 heteroatoms. The smallest absolute Gasteiger partial charge is 0.143 e. The average Bonchev–Trinajstić information content (AvgIpc) is 3.86. The molecule has 12 aromatic rings. The van der Waals surface area contributed by atoms with E-state index in [0.717, 1.165) is 116 Å². The first-order valence-electron chi connectivity index (χ1n) is 19.3. The van der Waals surface area contributed by atoms with E-state index in [9.17, 15) is 0 Å². The number of hydrogen-bond donors (Lipinski definition) is 0. The van der Waals surface area contributed by atoms with Crippen LogP contribution in [-0.4, -0.2) is 4.98 Å². The average molecular weight is 729 g/mol. The van der Waals surface area contributed by atoms with Crippen LogP contribution in [0.1, 0.15) is 0 Å². The lowest BCUT2D eigenvalue weighted by atomic mass is 10.0. The van der Waals surface area contributed by atoms with Gasteiger partial charge in [-0.2, -0.15) is 0 Å². The second-order valence-corrected chi connectivity index (χ2v) is 14.7. The Morgan fingerprint density at radius 2 is 0.807 bits per heavy atom. The molecule has 0 atom stereocenters. The van der Waals surface area contributed by atoms with Crippen LogP contribution in [0.2, 0.25) is 0 Å². The summed E-state index contributed by atoms with van der Waals surface area (Å²) in [5, 5.41) is 10.0. The second kappa shape index (κ2) is 12.4. The van der Waals surface area contributed by atoms with Crippen LogP contribution in [0.25, 0.3) is 98.7 Å². The lowest BCUT2D eigenvalue weighted by molar-refractivity contribution is 0.672. The maximum Gasteiger partial charge on any atom is 0.143 e. The first-order chi connectivity index (χ1) is 28.2. The van der Waals surface area contributed by atoms with Crippen molar-refractivity contribution in [1.82, 2.24) is 4.98 Å². The summed E-state index contributed by atoms with van der Waals surface area (Å²) >= 11 is 0. The van der Waals surface area contributed by atoms with Gasteiger partial charge in [0.2, 0.25) is 0 Å². The highest BCUT2D eigenvalue weighted by molar-refractivity contribution is 6.17. The van der Waals surface area contributed by atoms with Crippen LogP contribution >= 0.6 is 0 Å². The van der Waals surface area contributed by atoms with Crippen LogP contribution in [0.4, 0.5) is 17.1 Å². The molecular weight excluding hydrogens is 697 g/mol. The lowest BCUT2D eigenvalue weighted by Crippen LogP contribution is -2.10. The Morgan fingerprint density at radius 3 is 1.42 bits per heavy atom. The minimum Gasteiger partial charge on any atom is -0.455 e. The fourth-order valence-electron chi connectivity index (χ4n) is 8.57. The fraction of sp³-hybridized carbons (Fsp3) is 0. The Labute approximate surface area is 327 Å². The second-order valence-electron chi connectivity index (χ2n) is 14.7. The number of hydrogen-bond acceptors (Lipinski definition) is 4. The largest absolute Gasteiger partial charge is 0.455 e. The SMILES string of the molecule is c1ccc2nc(-c3ccc(-c4ccc(N(c5ccc6ccc7c8ccccc8oc7c6c5)c5ccc6ccc7c8ccccc8oc7c6c5)cc4)cc3)ccc2c1. The molecule has 57 heavy (non-hydrogen) atoms. The van der Waals surface area contributed by atoms with Crippen LogP contribution in [0.3, 0.4) is 0 Å². The van der Waals surface area contributed by atoms with Gasteiger partial charge < -0.3 is 13.7 Å². The minimum atomic E-state index is 0.892. The first-order valence-corrected chi connectivity index (χ1v) is 19.3. The summed E-state index contributed by atoms with van der Waals surface area (Å²) in [5.74, 6) is 0. The summed E-state index contributed by atoms with van der Waals surface area (Å²) in [4.78, 5) is 7.25. The predicted octanol–water partition coefficient (Wildman–Crippen LogP) is 15.1. The summed E-state index contributed by atoms with van der Waals surface area (Å²) in [6, 6.07) is 68.6. The van der Waals surface area contributed by atoms with Gasteiger partial charge in [0.15, 0.2) is 0 Å². The van der Waals surface area contributed by atoms with E-state index in [2.05, 4.69) is 163 Å². The van der Waals surface area contributed by atoms with Gasteiger partial charge in [0.05, 0.1) is 11.2 Å². The quantitative estimate of drug-likeness (QED) is 0.177. The molecule has 3 heterocycles. The van der Waals surface area contributed by atoms with Crippen LogP contribution in [0.15, 0.2) is 203 Å². The molecule has 0 amide bonds. The molecule has 0 radical (unpaired) electrons. The number of nitrogens with zero attached hydrogens (tertiary/aromatic N) is 2. The number of pyridine rings is 1. The molecule has 9 aromatic carbocycles. The van der Waals surface area contributed by atoms with E-state index in [-0.39, 0.29) is 0 Å². The van der Waals surface area contributed by atoms with E-state index in [4.69, 9.17) is 13.8 Å². The van der Waals surface area contributed by atoms with Crippen molar-refractivity contribution in [1.29, 1.82) is 0 Å². The molecule has 12 rings (SSSR count). The molecule has 0 unspecified atom stereocenters. The maximum absolute atomic E-state index is 6.53. The molecule has 0 saturated heterocycles. The standard InChI is InChI=1S/C53H32N2O2/c1-4-10-48-37(7-1)23-30-49(54-48)38-15-13-33(14-16-38)34-17-24-39(25-18-34)55(40-26-19-35-21-28-44-42-8-2-5-11-50(42)56-52(44)46(35)31-40)41-27-20-36-22-29-45-43-9-3-6-12-51(43)57-53(45)47(36)32-41/h1-32H. The zero-order valence-electron chi connectivity index (χ0n) is 30.7. The van der Waals surface area contributed by atoms with Crippen LogP contribution in [0.5, 0.6) is 0 Å². The summed E-state index contributed by atoms with van der Waals surface area (Å²) < 4.78 is 13.1. The Kier molecular flexibility index (Phi) is 6.89. The zero-order valence-corrected chi connectivity index (χ0v) is 30.7. The maximum atomic E-state index is 6.53. The highest BCUT2D eigenvalue weighted by Gasteiger charge is 2.18. The number of anilines is 3. The van der Waals surface area contributed by atoms with Crippen molar-refractivity contribution in [2.45, 2.75) is 0 Å². The number of para-hydroxylation sites is 3. The van der Waals surface area contributed by atoms with E-state index in [1.807, 2.05) is 36.4 Å². The molecule has 0 aliphatic rings. The van der Waals surface area contributed by atoms with Gasteiger partial charge >= 0.3 is 0 Å². The van der Waals surface area contributed by atoms with Crippen molar-refractivity contribution in [3.8, 4) is 22.4 Å². The number of benzene rings is 9. The zero-order chi connectivity index (χ0) is 37.5. The Bertz CT molecular complexity index is 3370. The third kappa shape index (κ3) is 5.12. The van der Waals surface area contributed by atoms with Gasteiger partial charge in [-0.1, -0.05) is 121 Å². The summed E-state index contributed by atoms with van der Waals surface area (Å²) in [5.41, 5.74) is 12.0. The fourth-order valence-corrected chi connectivity index (χ4v) is 8.57. The molecule has 0 fully saturated rings.